The van der Waals surface area contributed by atoms with Crippen LogP contribution < -0.4 is 4.90 Å². The van der Waals surface area contributed by atoms with Crippen molar-refractivity contribution in [2.45, 2.75) is 45.3 Å². The predicted octanol–water partition coefficient (Wildman–Crippen LogP) is 5.62. The third-order valence-corrected chi connectivity index (χ3v) is 5.85. The summed E-state index contributed by atoms with van der Waals surface area (Å²) in [6.07, 6.45) is -3.19. The molecule has 30 heavy (non-hydrogen) atoms. The van der Waals surface area contributed by atoms with Crippen LogP contribution in [-0.4, -0.2) is 22.0 Å². The summed E-state index contributed by atoms with van der Waals surface area (Å²) < 4.78 is 41.5. The summed E-state index contributed by atoms with van der Waals surface area (Å²) in [5, 5.41) is 0. The number of rotatable bonds is 5. The summed E-state index contributed by atoms with van der Waals surface area (Å²) in [4.78, 5) is 19.0. The molecule has 0 radical (unpaired) electrons. The Balaban J connectivity index is 1.68. The molecule has 0 aliphatic carbocycles. The fourth-order valence-electron chi connectivity index (χ4n) is 4.02. The SMILES string of the molecule is CC[C@H](C)Cn1c([C@H]2CC(=O)N(c3cccc(C(F)(F)F)c3)C2)nc2ccccc21. The number of benzene rings is 2. The Morgan fingerprint density at radius 2 is 1.93 bits per heavy atom. The maximum atomic E-state index is 13.1. The topological polar surface area (TPSA) is 38.1 Å². The van der Waals surface area contributed by atoms with E-state index >= 15 is 0 Å². The van der Waals surface area contributed by atoms with Gasteiger partial charge >= 0.3 is 6.18 Å². The number of amides is 1. The lowest BCUT2D eigenvalue weighted by Crippen LogP contribution is -2.25. The molecule has 1 aliphatic rings. The first-order chi connectivity index (χ1) is 14.3. The second-order valence-corrected chi connectivity index (χ2v) is 8.04. The number of carbonyl (C=O) groups excluding carboxylic acids is 1. The number of para-hydroxylation sites is 2. The number of hydrogen-bond donors (Lipinski definition) is 0. The smallest absolute Gasteiger partial charge is 0.327 e. The Morgan fingerprint density at radius 1 is 1.17 bits per heavy atom. The van der Waals surface area contributed by atoms with Crippen molar-refractivity contribution in [3.05, 3.63) is 59.9 Å². The lowest BCUT2D eigenvalue weighted by molar-refractivity contribution is -0.137. The Morgan fingerprint density at radius 3 is 2.67 bits per heavy atom. The molecule has 2 atom stereocenters. The van der Waals surface area contributed by atoms with Gasteiger partial charge < -0.3 is 9.47 Å². The number of anilines is 1. The van der Waals surface area contributed by atoms with Crippen molar-refractivity contribution in [3.63, 3.8) is 0 Å². The maximum absolute atomic E-state index is 13.1. The number of aromatic nitrogens is 2. The van der Waals surface area contributed by atoms with Gasteiger partial charge in [-0.05, 0) is 36.2 Å². The molecule has 4 rings (SSSR count). The van der Waals surface area contributed by atoms with Crippen molar-refractivity contribution in [2.75, 3.05) is 11.4 Å². The lowest BCUT2D eigenvalue weighted by Gasteiger charge is -2.19. The molecular weight excluding hydrogens is 391 g/mol. The molecule has 4 nitrogen and oxygen atoms in total. The van der Waals surface area contributed by atoms with E-state index in [1.54, 1.807) is 6.07 Å². The predicted molar refractivity (Wildman–Crippen MR) is 110 cm³/mol. The van der Waals surface area contributed by atoms with E-state index in [1.807, 2.05) is 24.3 Å². The second-order valence-electron chi connectivity index (χ2n) is 8.04. The quantitative estimate of drug-likeness (QED) is 0.542. The van der Waals surface area contributed by atoms with Crippen molar-refractivity contribution in [2.24, 2.45) is 5.92 Å². The normalized spacial score (nSPS) is 18.4. The van der Waals surface area contributed by atoms with Crippen LogP contribution in [0.3, 0.4) is 0 Å². The minimum atomic E-state index is -4.44. The zero-order valence-corrected chi connectivity index (χ0v) is 17.0. The van der Waals surface area contributed by atoms with Gasteiger partial charge in [-0.25, -0.2) is 4.98 Å². The largest absolute Gasteiger partial charge is 0.416 e. The number of hydrogen-bond acceptors (Lipinski definition) is 2. The van der Waals surface area contributed by atoms with Crippen LogP contribution >= 0.6 is 0 Å². The van der Waals surface area contributed by atoms with E-state index < -0.39 is 11.7 Å². The van der Waals surface area contributed by atoms with Crippen molar-refractivity contribution < 1.29 is 18.0 Å². The van der Waals surface area contributed by atoms with E-state index in [0.29, 0.717) is 12.5 Å². The summed E-state index contributed by atoms with van der Waals surface area (Å²) in [7, 11) is 0. The third kappa shape index (κ3) is 3.80. The average molecular weight is 415 g/mol. The molecule has 1 fully saturated rings. The Labute approximate surface area is 173 Å². The molecule has 1 aromatic heterocycles. The zero-order valence-electron chi connectivity index (χ0n) is 17.0. The van der Waals surface area contributed by atoms with Gasteiger partial charge in [0.2, 0.25) is 5.91 Å². The first-order valence-corrected chi connectivity index (χ1v) is 10.2. The van der Waals surface area contributed by atoms with Gasteiger partial charge in [-0.2, -0.15) is 13.2 Å². The number of carbonyl (C=O) groups is 1. The fourth-order valence-corrected chi connectivity index (χ4v) is 4.02. The van der Waals surface area contributed by atoms with Crippen molar-refractivity contribution in [3.8, 4) is 0 Å². The number of halogens is 3. The summed E-state index contributed by atoms with van der Waals surface area (Å²) in [5.41, 5.74) is 1.43. The maximum Gasteiger partial charge on any atom is 0.416 e. The van der Waals surface area contributed by atoms with Crippen LogP contribution in [0.25, 0.3) is 11.0 Å². The van der Waals surface area contributed by atoms with Crippen LogP contribution in [0.2, 0.25) is 0 Å². The summed E-state index contributed by atoms with van der Waals surface area (Å²) in [5.74, 6) is 0.933. The van der Waals surface area contributed by atoms with Crippen LogP contribution in [0, 0.1) is 5.92 Å². The monoisotopic (exact) mass is 415 g/mol. The third-order valence-electron chi connectivity index (χ3n) is 5.85. The average Bonchev–Trinajstić information content (AvgIpc) is 3.28. The molecule has 1 saturated heterocycles. The van der Waals surface area contributed by atoms with Crippen molar-refractivity contribution in [1.29, 1.82) is 0 Å². The molecule has 0 spiro atoms. The first-order valence-electron chi connectivity index (χ1n) is 10.2. The van der Waals surface area contributed by atoms with Gasteiger partial charge in [-0.1, -0.05) is 38.5 Å². The van der Waals surface area contributed by atoms with E-state index in [0.717, 1.165) is 42.0 Å². The Hall–Kier alpha value is -2.83. The first kappa shape index (κ1) is 20.4. The minimum absolute atomic E-state index is 0.163. The van der Waals surface area contributed by atoms with Crippen LogP contribution in [0.15, 0.2) is 48.5 Å². The van der Waals surface area contributed by atoms with E-state index in [9.17, 15) is 18.0 Å². The van der Waals surface area contributed by atoms with Gasteiger partial charge in [0.25, 0.3) is 0 Å². The van der Waals surface area contributed by atoms with Gasteiger partial charge in [-0.15, -0.1) is 0 Å². The molecule has 7 heteroatoms. The molecule has 2 heterocycles. The fraction of sp³-hybridized carbons (Fsp3) is 0.391. The van der Waals surface area contributed by atoms with Gasteiger partial charge in [0.1, 0.15) is 5.82 Å². The van der Waals surface area contributed by atoms with Crippen molar-refractivity contribution in [1.82, 2.24) is 9.55 Å². The molecular formula is C23H24F3N3O. The van der Waals surface area contributed by atoms with E-state index in [2.05, 4.69) is 18.4 Å². The van der Waals surface area contributed by atoms with E-state index in [1.165, 1.54) is 11.0 Å². The summed E-state index contributed by atoms with van der Waals surface area (Å²) in [6, 6.07) is 12.8. The number of nitrogens with zero attached hydrogens (tertiary/aromatic N) is 3. The molecule has 1 amide bonds. The van der Waals surface area contributed by atoms with Gasteiger partial charge in [0.15, 0.2) is 0 Å². The Bertz CT molecular complexity index is 1070. The highest BCUT2D eigenvalue weighted by molar-refractivity contribution is 5.96. The second kappa shape index (κ2) is 7.78. The molecule has 2 aromatic carbocycles. The van der Waals surface area contributed by atoms with Crippen LogP contribution in [0.4, 0.5) is 18.9 Å². The van der Waals surface area contributed by atoms with Crippen LogP contribution in [-0.2, 0) is 17.5 Å². The Kier molecular flexibility index (Phi) is 5.30. The molecule has 158 valence electrons. The molecule has 0 saturated carbocycles. The lowest BCUT2D eigenvalue weighted by atomic mass is 10.1. The van der Waals surface area contributed by atoms with Crippen LogP contribution in [0.5, 0.6) is 0 Å². The number of imidazole rings is 1. The highest BCUT2D eigenvalue weighted by Crippen LogP contribution is 2.36. The van der Waals surface area contributed by atoms with Gasteiger partial charge in [0.05, 0.1) is 16.6 Å². The van der Waals surface area contributed by atoms with E-state index in [4.69, 9.17) is 4.98 Å². The van der Waals surface area contributed by atoms with Gasteiger partial charge in [-0.3, -0.25) is 4.79 Å². The molecule has 1 aliphatic heterocycles. The van der Waals surface area contributed by atoms with Crippen LogP contribution in [0.1, 0.15) is 44.0 Å². The summed E-state index contributed by atoms with van der Waals surface area (Å²) >= 11 is 0. The molecule has 0 unspecified atom stereocenters. The highest BCUT2D eigenvalue weighted by atomic mass is 19.4. The molecule has 3 aromatic rings. The number of fused-ring (bicyclic) bond motifs is 1. The van der Waals surface area contributed by atoms with Crippen molar-refractivity contribution >= 4 is 22.6 Å². The standard InChI is InChI=1S/C23H24F3N3O/c1-3-15(2)13-29-20-10-5-4-9-19(20)27-22(29)16-11-21(30)28(14-16)18-8-6-7-17(12-18)23(24,25)26/h4-10,12,15-16H,3,11,13-14H2,1-2H3/t15-,16-/m0/s1. The highest BCUT2D eigenvalue weighted by Gasteiger charge is 2.36. The zero-order chi connectivity index (χ0) is 21.5. The molecule has 0 N–H and O–H groups in total. The van der Waals surface area contributed by atoms with E-state index in [-0.39, 0.29) is 23.9 Å². The number of alkyl halides is 3. The minimum Gasteiger partial charge on any atom is -0.327 e. The molecule has 0 bridgehead atoms. The van der Waals surface area contributed by atoms with Gasteiger partial charge in [0, 0.05) is 31.1 Å². The summed E-state index contributed by atoms with van der Waals surface area (Å²) in [6.45, 7) is 5.43.